The van der Waals surface area contributed by atoms with Crippen LogP contribution in [0.2, 0.25) is 0 Å². The van der Waals surface area contributed by atoms with E-state index in [1.807, 2.05) is 47.9 Å². The van der Waals surface area contributed by atoms with Gasteiger partial charge in [-0.1, -0.05) is 17.7 Å². The zero-order valence-electron chi connectivity index (χ0n) is 14.2. The van der Waals surface area contributed by atoms with Crippen LogP contribution in [0.25, 0.3) is 0 Å². The molecule has 126 valence electrons. The van der Waals surface area contributed by atoms with Crippen molar-refractivity contribution in [2.75, 3.05) is 26.2 Å². The van der Waals surface area contributed by atoms with Gasteiger partial charge < -0.3 is 14.8 Å². The maximum atomic E-state index is 12.8. The summed E-state index contributed by atoms with van der Waals surface area (Å²) in [5, 5.41) is 0. The summed E-state index contributed by atoms with van der Waals surface area (Å²) in [5.41, 5.74) is 3.51. The van der Waals surface area contributed by atoms with Crippen LogP contribution in [0.4, 0.5) is 0 Å². The zero-order chi connectivity index (χ0) is 17.1. The molecule has 2 amide bonds. The Hall–Kier alpha value is -2.56. The minimum atomic E-state index is 0.000755. The van der Waals surface area contributed by atoms with Gasteiger partial charge in [-0.3, -0.25) is 9.59 Å². The van der Waals surface area contributed by atoms with Crippen LogP contribution in [0.1, 0.15) is 38.4 Å². The first-order valence-electron chi connectivity index (χ1n) is 8.35. The molecule has 1 aromatic heterocycles. The normalized spacial score (nSPS) is 15.2. The van der Waals surface area contributed by atoms with Gasteiger partial charge in [0.2, 0.25) is 0 Å². The number of hydrogen-bond donors (Lipinski definition) is 1. The maximum absolute atomic E-state index is 12.8. The van der Waals surface area contributed by atoms with Crippen LogP contribution in [-0.4, -0.2) is 52.8 Å². The molecule has 1 fully saturated rings. The number of aromatic nitrogens is 1. The lowest BCUT2D eigenvalue weighted by molar-refractivity contribution is 0.0715. The highest BCUT2D eigenvalue weighted by Gasteiger charge is 2.24. The Bertz CT molecular complexity index is 737. The zero-order valence-corrected chi connectivity index (χ0v) is 14.2. The Balaban J connectivity index is 1.69. The van der Waals surface area contributed by atoms with Crippen molar-refractivity contribution in [1.82, 2.24) is 14.8 Å². The van der Waals surface area contributed by atoms with Crippen molar-refractivity contribution in [2.24, 2.45) is 0 Å². The molecule has 24 heavy (non-hydrogen) atoms. The highest BCUT2D eigenvalue weighted by molar-refractivity contribution is 5.96. The SMILES string of the molecule is Cc1ccc(C(=O)N2CCCN(C(=O)c3ccc[nH]3)CC2)c(C)c1. The predicted octanol–water partition coefficient (Wildman–Crippen LogP) is 2.62. The van der Waals surface area contributed by atoms with Crippen molar-refractivity contribution in [3.8, 4) is 0 Å². The van der Waals surface area contributed by atoms with E-state index < -0.39 is 0 Å². The van der Waals surface area contributed by atoms with E-state index in [4.69, 9.17) is 0 Å². The lowest BCUT2D eigenvalue weighted by Crippen LogP contribution is -2.37. The van der Waals surface area contributed by atoms with Gasteiger partial charge in [-0.15, -0.1) is 0 Å². The molecule has 2 aromatic rings. The minimum absolute atomic E-state index is 0.000755. The molecular formula is C19H23N3O2. The number of nitrogens with one attached hydrogen (secondary N) is 1. The van der Waals surface area contributed by atoms with E-state index in [-0.39, 0.29) is 11.8 Å². The quantitative estimate of drug-likeness (QED) is 0.923. The van der Waals surface area contributed by atoms with E-state index in [0.717, 1.165) is 23.1 Å². The van der Waals surface area contributed by atoms with Gasteiger partial charge in [0.25, 0.3) is 11.8 Å². The van der Waals surface area contributed by atoms with Crippen molar-refractivity contribution in [3.63, 3.8) is 0 Å². The first kappa shape index (κ1) is 16.3. The Morgan fingerprint density at radius 3 is 2.29 bits per heavy atom. The molecule has 1 aliphatic rings. The number of carbonyl (C=O) groups excluding carboxylic acids is 2. The molecule has 0 spiro atoms. The molecule has 0 radical (unpaired) electrons. The van der Waals surface area contributed by atoms with Crippen LogP contribution in [-0.2, 0) is 0 Å². The minimum Gasteiger partial charge on any atom is -0.357 e. The summed E-state index contributed by atoms with van der Waals surface area (Å²) in [4.78, 5) is 31.9. The molecule has 1 aromatic carbocycles. The van der Waals surface area contributed by atoms with E-state index >= 15 is 0 Å². The highest BCUT2D eigenvalue weighted by Crippen LogP contribution is 2.15. The van der Waals surface area contributed by atoms with E-state index in [1.54, 1.807) is 12.3 Å². The van der Waals surface area contributed by atoms with Crippen LogP contribution in [0.5, 0.6) is 0 Å². The number of amides is 2. The van der Waals surface area contributed by atoms with Crippen LogP contribution in [0, 0.1) is 13.8 Å². The van der Waals surface area contributed by atoms with Gasteiger partial charge >= 0.3 is 0 Å². The van der Waals surface area contributed by atoms with E-state index in [1.165, 1.54) is 0 Å². The van der Waals surface area contributed by atoms with Crippen molar-refractivity contribution < 1.29 is 9.59 Å². The van der Waals surface area contributed by atoms with Gasteiger partial charge in [-0.05, 0) is 44.0 Å². The second-order valence-electron chi connectivity index (χ2n) is 6.34. The number of hydrogen-bond acceptors (Lipinski definition) is 2. The smallest absolute Gasteiger partial charge is 0.270 e. The molecule has 5 nitrogen and oxygen atoms in total. The van der Waals surface area contributed by atoms with Gasteiger partial charge in [0, 0.05) is 37.9 Å². The summed E-state index contributed by atoms with van der Waals surface area (Å²) in [6, 6.07) is 9.51. The summed E-state index contributed by atoms with van der Waals surface area (Å²) in [6.07, 6.45) is 2.55. The molecule has 5 heteroatoms. The molecule has 2 heterocycles. The Morgan fingerprint density at radius 1 is 0.958 bits per heavy atom. The van der Waals surface area contributed by atoms with Gasteiger partial charge in [-0.25, -0.2) is 0 Å². The summed E-state index contributed by atoms with van der Waals surface area (Å²) < 4.78 is 0. The summed E-state index contributed by atoms with van der Waals surface area (Å²) >= 11 is 0. The van der Waals surface area contributed by atoms with Crippen molar-refractivity contribution in [2.45, 2.75) is 20.3 Å². The van der Waals surface area contributed by atoms with Crippen molar-refractivity contribution in [1.29, 1.82) is 0 Å². The number of aryl methyl sites for hydroxylation is 2. The number of aromatic amines is 1. The molecular weight excluding hydrogens is 302 g/mol. The number of H-pyrrole nitrogens is 1. The van der Waals surface area contributed by atoms with Gasteiger partial charge in [0.15, 0.2) is 0 Å². The standard InChI is InChI=1S/C19H23N3O2/c1-14-6-7-16(15(2)13-14)18(23)21-9-4-10-22(12-11-21)19(24)17-5-3-8-20-17/h3,5-8,13,20H,4,9-12H2,1-2H3. The Kier molecular flexibility index (Phi) is 4.69. The van der Waals surface area contributed by atoms with Crippen LogP contribution in [0.15, 0.2) is 36.5 Å². The summed E-state index contributed by atoms with van der Waals surface area (Å²) in [5.74, 6) is 0.0579. The molecule has 0 bridgehead atoms. The van der Waals surface area contributed by atoms with Crippen LogP contribution >= 0.6 is 0 Å². The summed E-state index contributed by atoms with van der Waals surface area (Å²) in [7, 11) is 0. The first-order chi connectivity index (χ1) is 11.6. The fourth-order valence-electron chi connectivity index (χ4n) is 3.18. The predicted molar refractivity (Wildman–Crippen MR) is 93.1 cm³/mol. The molecule has 0 saturated carbocycles. The lowest BCUT2D eigenvalue weighted by atomic mass is 10.0. The van der Waals surface area contributed by atoms with Crippen molar-refractivity contribution in [3.05, 3.63) is 58.9 Å². The third-order valence-corrected chi connectivity index (χ3v) is 4.51. The molecule has 3 rings (SSSR count). The van der Waals surface area contributed by atoms with Crippen molar-refractivity contribution >= 4 is 11.8 Å². The molecule has 0 aliphatic carbocycles. The Labute approximate surface area is 142 Å². The first-order valence-corrected chi connectivity index (χ1v) is 8.35. The average molecular weight is 325 g/mol. The largest absolute Gasteiger partial charge is 0.357 e. The fraction of sp³-hybridized carbons (Fsp3) is 0.368. The van der Waals surface area contributed by atoms with E-state index in [9.17, 15) is 9.59 Å². The van der Waals surface area contributed by atoms with Crippen LogP contribution < -0.4 is 0 Å². The second-order valence-corrected chi connectivity index (χ2v) is 6.34. The number of carbonyl (C=O) groups is 2. The van der Waals surface area contributed by atoms with Gasteiger partial charge in [0.05, 0.1) is 0 Å². The molecule has 0 atom stereocenters. The molecule has 1 aliphatic heterocycles. The van der Waals surface area contributed by atoms with Crippen LogP contribution in [0.3, 0.4) is 0 Å². The van der Waals surface area contributed by atoms with Gasteiger partial charge in [-0.2, -0.15) is 0 Å². The molecule has 1 N–H and O–H groups in total. The summed E-state index contributed by atoms with van der Waals surface area (Å²) in [6.45, 7) is 6.48. The molecule has 0 unspecified atom stereocenters. The third kappa shape index (κ3) is 3.35. The number of rotatable bonds is 2. The highest BCUT2D eigenvalue weighted by atomic mass is 16.2. The molecule has 1 saturated heterocycles. The Morgan fingerprint density at radius 2 is 1.67 bits per heavy atom. The average Bonchev–Trinajstić information content (AvgIpc) is 2.98. The lowest BCUT2D eigenvalue weighted by Gasteiger charge is -2.22. The fourth-order valence-corrected chi connectivity index (χ4v) is 3.18. The maximum Gasteiger partial charge on any atom is 0.270 e. The third-order valence-electron chi connectivity index (χ3n) is 4.51. The number of benzene rings is 1. The monoisotopic (exact) mass is 325 g/mol. The topological polar surface area (TPSA) is 56.4 Å². The second kappa shape index (κ2) is 6.91. The van der Waals surface area contributed by atoms with E-state index in [2.05, 4.69) is 4.98 Å². The van der Waals surface area contributed by atoms with Gasteiger partial charge in [0.1, 0.15) is 5.69 Å². The van der Waals surface area contributed by atoms with E-state index in [0.29, 0.717) is 31.9 Å². The number of nitrogens with zero attached hydrogens (tertiary/aromatic N) is 2.